The molecule has 4 aliphatic rings. The first kappa shape index (κ1) is 44.3. The number of Topliss-reactive ketones (excluding diaryl/α,β-unsaturated/α-hetero) is 1. The van der Waals surface area contributed by atoms with Gasteiger partial charge in [-0.3, -0.25) is 19.2 Å². The van der Waals surface area contributed by atoms with Crippen LogP contribution in [0.1, 0.15) is 86.7 Å². The van der Waals surface area contributed by atoms with Crippen molar-refractivity contribution in [3.05, 3.63) is 119 Å². The standard InChI is InChI=1S/C47H51NO14/c1-25-31(60-43(56)36(52)35(28-16-10-7-11-17-28)48-41(54)29-18-12-8-13-19-29)23-47(57)40(61-42(55)30-20-14-9-15-21-30)38-45(6,32(51)22-33-46(38,24-58-33)62-27(3)50)39(53)37(59-26(2)49)34(25)44(47,4)5/h7-21,31-33,35-38,40,51-52,57H,22-24H2,1-6H3,(H,48,54)/t31-,32-,33+,35-,36+,37+,38-,40-,45+,46-,47-/m0/s1. The molecule has 62 heavy (non-hydrogen) atoms. The zero-order valence-corrected chi connectivity index (χ0v) is 35.2. The van der Waals surface area contributed by atoms with Crippen LogP contribution in [0.5, 0.6) is 0 Å². The normalized spacial score (nSPS) is 31.9. The van der Waals surface area contributed by atoms with Gasteiger partial charge < -0.3 is 44.3 Å². The number of hydrogen-bond donors (Lipinski definition) is 4. The summed E-state index contributed by atoms with van der Waals surface area (Å²) in [4.78, 5) is 83.5. The fraction of sp³-hybridized carbons (Fsp3) is 0.447. The van der Waals surface area contributed by atoms with E-state index in [9.17, 15) is 39.3 Å². The second kappa shape index (κ2) is 16.5. The molecule has 7 rings (SSSR count). The maximum atomic E-state index is 15.5. The molecule has 1 heterocycles. The Balaban J connectivity index is 1.39. The van der Waals surface area contributed by atoms with E-state index in [2.05, 4.69) is 5.32 Å². The molecule has 4 N–H and O–H groups in total. The average Bonchev–Trinajstić information content (AvgIpc) is 3.24. The predicted octanol–water partition coefficient (Wildman–Crippen LogP) is 3.74. The lowest BCUT2D eigenvalue weighted by Gasteiger charge is -2.67. The minimum atomic E-state index is -2.39. The number of carbonyl (C=O) groups excluding carboxylic acids is 6. The summed E-state index contributed by atoms with van der Waals surface area (Å²) in [5.74, 6) is -6.84. The Morgan fingerprint density at radius 1 is 0.823 bits per heavy atom. The van der Waals surface area contributed by atoms with E-state index in [1.54, 1.807) is 92.7 Å². The quantitative estimate of drug-likeness (QED) is 0.130. The van der Waals surface area contributed by atoms with E-state index in [4.69, 9.17) is 23.7 Å². The van der Waals surface area contributed by atoms with Gasteiger partial charge in [-0.05, 0) is 54.8 Å². The Morgan fingerprint density at radius 3 is 1.95 bits per heavy atom. The number of aliphatic hydroxyl groups is 3. The van der Waals surface area contributed by atoms with Crippen LogP contribution in [0.3, 0.4) is 0 Å². The van der Waals surface area contributed by atoms with Gasteiger partial charge in [0.25, 0.3) is 5.91 Å². The highest BCUT2D eigenvalue weighted by Crippen LogP contribution is 2.64. The Bertz CT molecular complexity index is 2280. The fourth-order valence-corrected chi connectivity index (χ4v) is 10.2. The van der Waals surface area contributed by atoms with E-state index in [0.717, 1.165) is 13.8 Å². The zero-order chi connectivity index (χ0) is 44.9. The summed E-state index contributed by atoms with van der Waals surface area (Å²) in [5, 5.41) is 40.2. The minimum Gasteiger partial charge on any atom is -0.456 e. The molecule has 0 radical (unpaired) electrons. The van der Waals surface area contributed by atoms with Crippen molar-refractivity contribution in [2.24, 2.45) is 16.7 Å². The highest BCUT2D eigenvalue weighted by atomic mass is 16.6. The van der Waals surface area contributed by atoms with Crippen LogP contribution in [0, 0.1) is 16.7 Å². The predicted molar refractivity (Wildman–Crippen MR) is 218 cm³/mol. The third-order valence-corrected chi connectivity index (χ3v) is 13.5. The van der Waals surface area contributed by atoms with Gasteiger partial charge in [0, 0.05) is 37.7 Å². The lowest BCUT2D eigenvalue weighted by molar-refractivity contribution is -0.346. The second-order valence-corrected chi connectivity index (χ2v) is 17.4. The summed E-state index contributed by atoms with van der Waals surface area (Å²) in [6, 6.07) is 22.9. The molecule has 0 unspecified atom stereocenters. The summed E-state index contributed by atoms with van der Waals surface area (Å²) in [7, 11) is 0. The maximum absolute atomic E-state index is 15.5. The lowest BCUT2D eigenvalue weighted by atomic mass is 9.44. The van der Waals surface area contributed by atoms with Gasteiger partial charge in [-0.15, -0.1) is 0 Å². The van der Waals surface area contributed by atoms with Crippen LogP contribution in [-0.2, 0) is 42.9 Å². The molecule has 11 atom stereocenters. The maximum Gasteiger partial charge on any atom is 0.338 e. The van der Waals surface area contributed by atoms with Gasteiger partial charge in [0.15, 0.2) is 23.6 Å². The Kier molecular flexibility index (Phi) is 11.8. The molecular weight excluding hydrogens is 803 g/mol. The molecule has 0 spiro atoms. The van der Waals surface area contributed by atoms with E-state index < -0.39 is 113 Å². The first-order valence-electron chi connectivity index (χ1n) is 20.5. The number of benzene rings is 3. The van der Waals surface area contributed by atoms with Crippen molar-refractivity contribution in [2.75, 3.05) is 6.61 Å². The SMILES string of the molecule is CC(=O)O[C@H]1C(=O)[C@@]2(C)[C@H]([C@H](OC(=O)c3ccccc3)[C@@]3(O)C[C@H](OC(=O)[C@H](O)[C@@H](NC(=O)c4ccccc4)c4ccccc4)C(C)=C1C3(C)C)[C@]1(OC(C)=O)CO[C@@H]1C[C@@H]2O. The number of amides is 1. The largest absolute Gasteiger partial charge is 0.456 e. The molecule has 1 amide bonds. The Labute approximate surface area is 358 Å². The van der Waals surface area contributed by atoms with E-state index in [-0.39, 0.29) is 35.3 Å². The van der Waals surface area contributed by atoms with Crippen LogP contribution in [0.15, 0.2) is 102 Å². The van der Waals surface area contributed by atoms with Crippen molar-refractivity contribution >= 4 is 35.6 Å². The number of aliphatic hydroxyl groups excluding tert-OH is 2. The summed E-state index contributed by atoms with van der Waals surface area (Å²) < 4.78 is 30.3. The van der Waals surface area contributed by atoms with E-state index in [0.29, 0.717) is 5.56 Å². The van der Waals surface area contributed by atoms with Crippen LogP contribution in [0.25, 0.3) is 0 Å². The van der Waals surface area contributed by atoms with Gasteiger partial charge in [-0.25, -0.2) is 9.59 Å². The smallest absolute Gasteiger partial charge is 0.338 e. The molecule has 0 aromatic heterocycles. The van der Waals surface area contributed by atoms with Gasteiger partial charge in [-0.2, -0.15) is 0 Å². The van der Waals surface area contributed by atoms with Crippen molar-refractivity contribution in [3.8, 4) is 0 Å². The number of hydrogen-bond acceptors (Lipinski definition) is 14. The van der Waals surface area contributed by atoms with E-state index >= 15 is 4.79 Å². The second-order valence-electron chi connectivity index (χ2n) is 17.4. The molecule has 2 saturated carbocycles. The molecule has 3 fully saturated rings. The molecule has 3 aromatic carbocycles. The van der Waals surface area contributed by atoms with Crippen LogP contribution < -0.4 is 5.32 Å². The van der Waals surface area contributed by atoms with Crippen molar-refractivity contribution in [1.29, 1.82) is 0 Å². The Morgan fingerprint density at radius 2 is 1.40 bits per heavy atom. The molecule has 3 aliphatic carbocycles. The van der Waals surface area contributed by atoms with Gasteiger partial charge in [0.1, 0.15) is 23.9 Å². The number of fused-ring (bicyclic) bond motifs is 5. The highest BCUT2D eigenvalue weighted by molar-refractivity contribution is 5.96. The molecule has 328 valence electrons. The van der Waals surface area contributed by atoms with Crippen LogP contribution in [-0.4, -0.2) is 105 Å². The van der Waals surface area contributed by atoms with Crippen LogP contribution in [0.4, 0.5) is 0 Å². The first-order valence-corrected chi connectivity index (χ1v) is 20.5. The van der Waals surface area contributed by atoms with E-state index in [1.165, 1.54) is 26.0 Å². The first-order chi connectivity index (χ1) is 29.3. The Hall–Kier alpha value is -5.74. The number of nitrogens with one attached hydrogen (secondary N) is 1. The highest BCUT2D eigenvalue weighted by Gasteiger charge is 2.78. The number of carbonyl (C=O) groups is 6. The van der Waals surface area contributed by atoms with Crippen molar-refractivity contribution in [1.82, 2.24) is 5.32 Å². The number of ketones is 1. The molecular formula is C47H51NO14. The van der Waals surface area contributed by atoms with Gasteiger partial charge in [0.2, 0.25) is 0 Å². The monoisotopic (exact) mass is 853 g/mol. The molecule has 1 saturated heterocycles. The van der Waals surface area contributed by atoms with Crippen LogP contribution in [0.2, 0.25) is 0 Å². The van der Waals surface area contributed by atoms with Gasteiger partial charge in [-0.1, -0.05) is 80.6 Å². The summed E-state index contributed by atoms with van der Waals surface area (Å²) >= 11 is 0. The molecule has 15 nitrogen and oxygen atoms in total. The summed E-state index contributed by atoms with van der Waals surface area (Å²) in [6.07, 6.45) is -10.5. The number of esters is 4. The third kappa shape index (κ3) is 7.29. The average molecular weight is 854 g/mol. The van der Waals surface area contributed by atoms with Crippen molar-refractivity contribution < 1.29 is 67.8 Å². The topological polar surface area (TPSA) is 221 Å². The fourth-order valence-electron chi connectivity index (χ4n) is 10.2. The van der Waals surface area contributed by atoms with E-state index in [1.807, 2.05) is 0 Å². The lowest BCUT2D eigenvalue weighted by Crippen LogP contribution is -2.82. The molecule has 1 aliphatic heterocycles. The minimum absolute atomic E-state index is 0.00289. The molecule has 2 bridgehead atoms. The van der Waals surface area contributed by atoms with Gasteiger partial charge >= 0.3 is 23.9 Å². The number of rotatable bonds is 10. The van der Waals surface area contributed by atoms with Crippen molar-refractivity contribution in [3.63, 3.8) is 0 Å². The van der Waals surface area contributed by atoms with Crippen LogP contribution >= 0.6 is 0 Å². The van der Waals surface area contributed by atoms with Crippen molar-refractivity contribution in [2.45, 2.75) is 108 Å². The number of ether oxygens (including phenoxy) is 5. The summed E-state index contributed by atoms with van der Waals surface area (Å²) in [5.41, 5.74) is -7.02. The molecule has 3 aromatic rings. The molecule has 15 heteroatoms. The zero-order valence-electron chi connectivity index (χ0n) is 35.2. The summed E-state index contributed by atoms with van der Waals surface area (Å²) in [6.45, 7) is 7.97. The van der Waals surface area contributed by atoms with Gasteiger partial charge in [0.05, 0.1) is 35.6 Å². The third-order valence-electron chi connectivity index (χ3n) is 13.5.